The molecular weight excluding hydrogens is 184 g/mol. The van der Waals surface area contributed by atoms with E-state index in [1.165, 1.54) is 29.6 Å². The predicted molar refractivity (Wildman–Crippen MR) is 47.9 cm³/mol. The summed E-state index contributed by atoms with van der Waals surface area (Å²) in [5.41, 5.74) is 0.714. The van der Waals surface area contributed by atoms with Gasteiger partial charge in [-0.25, -0.2) is 9.78 Å². The quantitative estimate of drug-likeness (QED) is 0.738. The number of hydrogen-bond acceptors (Lipinski definition) is 4. The van der Waals surface area contributed by atoms with Gasteiger partial charge in [0.1, 0.15) is 12.6 Å². The number of nitrogens with one attached hydrogen (secondary N) is 1. The fourth-order valence-corrected chi connectivity index (χ4v) is 0.947. The lowest BCUT2D eigenvalue weighted by molar-refractivity contribution is 0.252. The zero-order valence-corrected chi connectivity index (χ0v) is 7.47. The number of aromatic nitrogens is 3. The largest absolute Gasteiger partial charge is 0.432 e. The number of oxazole rings is 1. The molecule has 1 N–H and O–H groups in total. The van der Waals surface area contributed by atoms with E-state index in [4.69, 9.17) is 4.42 Å². The van der Waals surface area contributed by atoms with E-state index in [0.717, 1.165) is 0 Å². The van der Waals surface area contributed by atoms with E-state index in [-0.39, 0.29) is 12.0 Å². The summed E-state index contributed by atoms with van der Waals surface area (Å²) < 4.78 is 6.25. The number of anilines is 1. The first-order chi connectivity index (χ1) is 6.75. The molecule has 0 radical (unpaired) electrons. The van der Waals surface area contributed by atoms with Crippen LogP contribution in [-0.2, 0) is 0 Å². The summed E-state index contributed by atoms with van der Waals surface area (Å²) in [6.07, 6.45) is 5.90. The van der Waals surface area contributed by atoms with Crippen molar-refractivity contribution in [2.45, 2.75) is 6.92 Å². The van der Waals surface area contributed by atoms with E-state index >= 15 is 0 Å². The molecule has 0 aliphatic carbocycles. The Morgan fingerprint density at radius 1 is 1.64 bits per heavy atom. The second-order valence-corrected chi connectivity index (χ2v) is 2.69. The Morgan fingerprint density at radius 2 is 2.50 bits per heavy atom. The van der Waals surface area contributed by atoms with Gasteiger partial charge in [-0.1, -0.05) is 0 Å². The Labute approximate surface area is 79.6 Å². The van der Waals surface area contributed by atoms with Crippen molar-refractivity contribution in [1.82, 2.24) is 14.5 Å². The van der Waals surface area contributed by atoms with Crippen molar-refractivity contribution in [1.29, 1.82) is 0 Å². The molecule has 0 fully saturated rings. The van der Waals surface area contributed by atoms with Crippen molar-refractivity contribution in [3.8, 4) is 0 Å². The van der Waals surface area contributed by atoms with E-state index in [2.05, 4.69) is 15.3 Å². The van der Waals surface area contributed by atoms with Crippen molar-refractivity contribution in [2.24, 2.45) is 0 Å². The molecule has 0 unspecified atom stereocenters. The summed E-state index contributed by atoms with van der Waals surface area (Å²) in [5, 5.41) is 2.47. The minimum absolute atomic E-state index is 0.182. The monoisotopic (exact) mass is 192 g/mol. The highest BCUT2D eigenvalue weighted by molar-refractivity contribution is 5.88. The van der Waals surface area contributed by atoms with Crippen molar-refractivity contribution in [3.63, 3.8) is 0 Å². The second kappa shape index (κ2) is 3.33. The smallest absolute Gasteiger partial charge is 0.334 e. The van der Waals surface area contributed by atoms with Crippen LogP contribution in [0, 0.1) is 6.92 Å². The number of hydrogen-bond donors (Lipinski definition) is 1. The van der Waals surface area contributed by atoms with Crippen LogP contribution < -0.4 is 5.32 Å². The second-order valence-electron chi connectivity index (χ2n) is 2.69. The Hall–Kier alpha value is -2.11. The van der Waals surface area contributed by atoms with Gasteiger partial charge in [0.05, 0.1) is 5.69 Å². The van der Waals surface area contributed by atoms with Gasteiger partial charge >= 0.3 is 12.0 Å². The van der Waals surface area contributed by atoms with Crippen molar-refractivity contribution in [2.75, 3.05) is 5.32 Å². The number of imidazole rings is 1. The van der Waals surface area contributed by atoms with Crippen LogP contribution in [0.25, 0.3) is 0 Å². The molecule has 0 bridgehead atoms. The maximum atomic E-state index is 11.4. The van der Waals surface area contributed by atoms with Gasteiger partial charge in [-0.15, -0.1) is 0 Å². The van der Waals surface area contributed by atoms with E-state index in [0.29, 0.717) is 5.69 Å². The van der Waals surface area contributed by atoms with E-state index in [1.807, 2.05) is 0 Å². The average Bonchev–Trinajstić information content (AvgIpc) is 2.75. The SMILES string of the molecule is Cc1coc(NC(=O)n2ccnc2)n1. The summed E-state index contributed by atoms with van der Waals surface area (Å²) >= 11 is 0. The molecule has 0 spiro atoms. The van der Waals surface area contributed by atoms with Crippen LogP contribution in [0.4, 0.5) is 10.8 Å². The van der Waals surface area contributed by atoms with E-state index in [1.54, 1.807) is 6.92 Å². The van der Waals surface area contributed by atoms with Gasteiger partial charge < -0.3 is 4.42 Å². The Balaban J connectivity index is 2.09. The van der Waals surface area contributed by atoms with Gasteiger partial charge in [0.2, 0.25) is 0 Å². The fourth-order valence-electron chi connectivity index (χ4n) is 0.947. The van der Waals surface area contributed by atoms with E-state index < -0.39 is 0 Å². The van der Waals surface area contributed by atoms with Gasteiger partial charge in [0, 0.05) is 12.4 Å². The fraction of sp³-hybridized carbons (Fsp3) is 0.125. The molecule has 72 valence electrons. The van der Waals surface area contributed by atoms with Crippen LogP contribution in [0.1, 0.15) is 5.69 Å². The first-order valence-corrected chi connectivity index (χ1v) is 3.97. The third kappa shape index (κ3) is 1.63. The number of rotatable bonds is 1. The lowest BCUT2D eigenvalue weighted by Crippen LogP contribution is -2.17. The van der Waals surface area contributed by atoms with Gasteiger partial charge in [0.15, 0.2) is 0 Å². The Kier molecular flexibility index (Phi) is 2.02. The third-order valence-electron chi connectivity index (χ3n) is 1.57. The highest BCUT2D eigenvalue weighted by Crippen LogP contribution is 2.06. The topological polar surface area (TPSA) is 73.0 Å². The van der Waals surface area contributed by atoms with Crippen molar-refractivity contribution >= 4 is 12.0 Å². The molecule has 2 aromatic heterocycles. The Bertz CT molecular complexity index is 432. The number of carbonyl (C=O) groups is 1. The minimum Gasteiger partial charge on any atom is -0.432 e. The number of aryl methyl sites for hydroxylation is 1. The molecule has 6 heteroatoms. The first-order valence-electron chi connectivity index (χ1n) is 3.97. The molecule has 0 saturated carbocycles. The molecule has 0 aliphatic rings. The standard InChI is InChI=1S/C8H8N4O2/c1-6-4-14-7(10-6)11-8(13)12-3-2-9-5-12/h2-5H,1H3,(H,10,11,13). The number of carbonyl (C=O) groups excluding carboxylic acids is 1. The highest BCUT2D eigenvalue weighted by atomic mass is 16.4. The number of amides is 1. The summed E-state index contributed by atoms with van der Waals surface area (Å²) in [5.74, 6) is 0. The van der Waals surface area contributed by atoms with Gasteiger partial charge in [-0.05, 0) is 6.92 Å². The molecule has 6 nitrogen and oxygen atoms in total. The molecular formula is C8H8N4O2. The molecule has 2 aromatic rings. The van der Waals surface area contributed by atoms with Crippen LogP contribution in [0.5, 0.6) is 0 Å². The van der Waals surface area contributed by atoms with Gasteiger partial charge in [-0.3, -0.25) is 9.88 Å². The Morgan fingerprint density at radius 3 is 3.07 bits per heavy atom. The van der Waals surface area contributed by atoms with Crippen LogP contribution >= 0.6 is 0 Å². The normalized spacial score (nSPS) is 10.1. The highest BCUT2D eigenvalue weighted by Gasteiger charge is 2.07. The summed E-state index contributed by atoms with van der Waals surface area (Å²) in [6, 6.07) is -0.175. The van der Waals surface area contributed by atoms with Gasteiger partial charge in [0.25, 0.3) is 0 Å². The molecule has 0 saturated heterocycles. The maximum absolute atomic E-state index is 11.4. The molecule has 1 amide bonds. The molecule has 0 aliphatic heterocycles. The average molecular weight is 192 g/mol. The third-order valence-corrected chi connectivity index (χ3v) is 1.57. The maximum Gasteiger partial charge on any atom is 0.334 e. The minimum atomic E-state index is -0.357. The summed E-state index contributed by atoms with van der Waals surface area (Å²) in [6.45, 7) is 1.77. The first kappa shape index (κ1) is 8.49. The molecule has 0 atom stereocenters. The van der Waals surface area contributed by atoms with Crippen LogP contribution in [-0.4, -0.2) is 20.6 Å². The molecule has 2 rings (SSSR count). The molecule has 14 heavy (non-hydrogen) atoms. The lowest BCUT2D eigenvalue weighted by atomic mass is 10.6. The zero-order valence-electron chi connectivity index (χ0n) is 7.47. The van der Waals surface area contributed by atoms with E-state index in [9.17, 15) is 4.79 Å². The summed E-state index contributed by atoms with van der Waals surface area (Å²) in [7, 11) is 0. The predicted octanol–water partition coefficient (Wildman–Crippen LogP) is 1.26. The summed E-state index contributed by atoms with van der Waals surface area (Å²) in [4.78, 5) is 19.1. The van der Waals surface area contributed by atoms with Crippen molar-refractivity contribution in [3.05, 3.63) is 30.7 Å². The van der Waals surface area contributed by atoms with Crippen LogP contribution in [0.3, 0.4) is 0 Å². The van der Waals surface area contributed by atoms with Crippen LogP contribution in [0.15, 0.2) is 29.4 Å². The zero-order chi connectivity index (χ0) is 9.97. The van der Waals surface area contributed by atoms with Gasteiger partial charge in [-0.2, -0.15) is 4.98 Å². The van der Waals surface area contributed by atoms with Crippen molar-refractivity contribution < 1.29 is 9.21 Å². The molecule has 2 heterocycles. The molecule has 0 aromatic carbocycles. The van der Waals surface area contributed by atoms with Crippen LogP contribution in [0.2, 0.25) is 0 Å². The number of nitrogens with zero attached hydrogens (tertiary/aromatic N) is 3. The lowest BCUT2D eigenvalue weighted by Gasteiger charge is -1.98.